The molecule has 2 aliphatic heterocycles. The summed E-state index contributed by atoms with van der Waals surface area (Å²) in [7, 11) is 0. The van der Waals surface area contributed by atoms with Crippen LogP contribution in [0.3, 0.4) is 0 Å². The fraction of sp³-hybridized carbons (Fsp3) is 0.552. The smallest absolute Gasteiger partial charge is 0.226 e. The molecule has 0 radical (unpaired) electrons. The monoisotopic (exact) mass is 476 g/mol. The number of aliphatic hydroxyl groups is 1. The number of amides is 1. The number of carbonyl (C=O) groups excluding carboxylic acids is 1. The molecule has 188 valence electrons. The Hall–Kier alpha value is -2.57. The van der Waals surface area contributed by atoms with Crippen LogP contribution in [-0.2, 0) is 17.6 Å². The summed E-state index contributed by atoms with van der Waals surface area (Å²) < 4.78 is 0. The topological polar surface area (TPSA) is 76.6 Å². The summed E-state index contributed by atoms with van der Waals surface area (Å²) in [6.45, 7) is 11.4. The van der Waals surface area contributed by atoms with Crippen LogP contribution in [0.25, 0.3) is 0 Å². The van der Waals surface area contributed by atoms with E-state index in [2.05, 4.69) is 65.0 Å². The molecule has 1 amide bonds. The fourth-order valence-corrected chi connectivity index (χ4v) is 6.43. The highest BCUT2D eigenvalue weighted by atomic mass is 16.3. The van der Waals surface area contributed by atoms with E-state index in [0.29, 0.717) is 11.8 Å². The molecule has 0 bridgehead atoms. The minimum absolute atomic E-state index is 0.0198. The van der Waals surface area contributed by atoms with E-state index >= 15 is 0 Å². The molecule has 0 saturated carbocycles. The van der Waals surface area contributed by atoms with E-state index in [1.165, 1.54) is 22.4 Å². The van der Waals surface area contributed by atoms with E-state index in [-0.39, 0.29) is 30.0 Å². The Bertz CT molecular complexity index is 1100. The van der Waals surface area contributed by atoms with Crippen molar-refractivity contribution in [1.82, 2.24) is 4.90 Å². The summed E-state index contributed by atoms with van der Waals surface area (Å²) in [4.78, 5) is 14.6. The summed E-state index contributed by atoms with van der Waals surface area (Å²) in [5, 5.41) is 20.8. The van der Waals surface area contributed by atoms with Crippen molar-refractivity contribution < 1.29 is 9.90 Å². The van der Waals surface area contributed by atoms with Crippen LogP contribution in [0.4, 0.5) is 17.1 Å². The first-order chi connectivity index (χ1) is 16.7. The van der Waals surface area contributed by atoms with Crippen LogP contribution in [-0.4, -0.2) is 47.8 Å². The fourth-order valence-electron chi connectivity index (χ4n) is 6.43. The molecule has 2 aromatic carbocycles. The maximum absolute atomic E-state index is 12.1. The zero-order valence-electron chi connectivity index (χ0n) is 21.5. The third-order valence-corrected chi connectivity index (χ3v) is 8.29. The van der Waals surface area contributed by atoms with Crippen LogP contribution >= 0.6 is 0 Å². The molecule has 2 aromatic rings. The number of hydrogen-bond donors (Lipinski definition) is 4. The number of fused-ring (bicyclic) bond motifs is 2. The molecule has 0 spiro atoms. The van der Waals surface area contributed by atoms with Gasteiger partial charge in [-0.05, 0) is 86.5 Å². The van der Waals surface area contributed by atoms with Gasteiger partial charge in [-0.15, -0.1) is 0 Å². The number of aryl methyl sites for hydroxylation is 1. The van der Waals surface area contributed by atoms with Crippen molar-refractivity contribution >= 4 is 23.0 Å². The average Bonchev–Trinajstić information content (AvgIpc) is 3.37. The van der Waals surface area contributed by atoms with E-state index in [1.54, 1.807) is 0 Å². The number of nitrogens with zero attached hydrogens (tertiary/aromatic N) is 1. The summed E-state index contributed by atoms with van der Waals surface area (Å²) in [5.74, 6) is 1.21. The molecule has 4 N–H and O–H groups in total. The molecule has 0 aromatic heterocycles. The predicted molar refractivity (Wildman–Crippen MR) is 143 cm³/mol. The molecular weight excluding hydrogens is 436 g/mol. The largest absolute Gasteiger partial charge is 0.396 e. The van der Waals surface area contributed by atoms with Gasteiger partial charge in [0, 0.05) is 43.1 Å². The van der Waals surface area contributed by atoms with Gasteiger partial charge in [-0.25, -0.2) is 0 Å². The number of nitrogens with one attached hydrogen (secondary N) is 3. The summed E-state index contributed by atoms with van der Waals surface area (Å²) in [6.07, 6.45) is 3.20. The summed E-state index contributed by atoms with van der Waals surface area (Å²) >= 11 is 0. The molecule has 6 nitrogen and oxygen atoms in total. The van der Waals surface area contributed by atoms with Crippen LogP contribution in [0.5, 0.6) is 0 Å². The standard InChI is InChI=1S/C29H40N4O2/c1-18(2)28(35)30-24-7-6-21-12-20(13-22(21)14-24)15-33-10-9-25(23(16-33)17-34)29(4)31-26-8-5-19(3)11-27(26)32-29/h5-8,11,14,18,20,23,25,31-32,34H,9-10,12-13,15-17H2,1-4H3,(H,30,35)/t20-,23?,25?,29?/m1/s1. The van der Waals surface area contributed by atoms with Crippen LogP contribution in [0.1, 0.15) is 43.9 Å². The lowest BCUT2D eigenvalue weighted by molar-refractivity contribution is -0.118. The van der Waals surface area contributed by atoms with Crippen molar-refractivity contribution in [2.45, 2.75) is 52.6 Å². The third-order valence-electron chi connectivity index (χ3n) is 8.29. The van der Waals surface area contributed by atoms with Gasteiger partial charge in [0.15, 0.2) is 0 Å². The van der Waals surface area contributed by atoms with Crippen molar-refractivity contribution in [3.63, 3.8) is 0 Å². The summed E-state index contributed by atoms with van der Waals surface area (Å²) in [6, 6.07) is 12.9. The van der Waals surface area contributed by atoms with E-state index in [1.807, 2.05) is 19.9 Å². The van der Waals surface area contributed by atoms with Gasteiger partial charge in [0.25, 0.3) is 0 Å². The van der Waals surface area contributed by atoms with Crippen LogP contribution in [0.2, 0.25) is 0 Å². The van der Waals surface area contributed by atoms with Crippen molar-refractivity contribution in [1.29, 1.82) is 0 Å². The highest BCUT2D eigenvalue weighted by molar-refractivity contribution is 5.92. The maximum Gasteiger partial charge on any atom is 0.226 e. The Labute approximate surface area is 209 Å². The van der Waals surface area contributed by atoms with Crippen LogP contribution < -0.4 is 16.0 Å². The first-order valence-corrected chi connectivity index (χ1v) is 13.2. The first-order valence-electron chi connectivity index (χ1n) is 13.2. The van der Waals surface area contributed by atoms with E-state index in [9.17, 15) is 9.90 Å². The number of hydrogen-bond acceptors (Lipinski definition) is 5. The Morgan fingerprint density at radius 3 is 2.69 bits per heavy atom. The number of aliphatic hydroxyl groups excluding tert-OH is 1. The molecule has 5 rings (SSSR count). The highest BCUT2D eigenvalue weighted by Gasteiger charge is 2.45. The van der Waals surface area contributed by atoms with Crippen LogP contribution in [0.15, 0.2) is 36.4 Å². The highest BCUT2D eigenvalue weighted by Crippen LogP contribution is 2.43. The Morgan fingerprint density at radius 2 is 1.91 bits per heavy atom. The Kier molecular flexibility index (Phi) is 6.53. The van der Waals surface area contributed by atoms with Gasteiger partial charge in [0.2, 0.25) is 5.91 Å². The molecule has 3 aliphatic rings. The molecule has 2 heterocycles. The molecule has 1 fully saturated rings. The van der Waals surface area contributed by atoms with Gasteiger partial charge in [-0.1, -0.05) is 26.0 Å². The molecular formula is C29H40N4O2. The van der Waals surface area contributed by atoms with E-state index < -0.39 is 0 Å². The normalized spacial score (nSPS) is 27.8. The van der Waals surface area contributed by atoms with Gasteiger partial charge in [0.1, 0.15) is 5.66 Å². The molecule has 3 unspecified atom stereocenters. The SMILES string of the molecule is Cc1ccc2c(c1)NC(C)(C1CCN(C[C@@H]3Cc4ccc(NC(=O)C(C)C)cc4C3)CC1CO)N2. The second kappa shape index (κ2) is 9.47. The average molecular weight is 477 g/mol. The van der Waals surface area contributed by atoms with Gasteiger partial charge in [-0.3, -0.25) is 4.79 Å². The molecule has 1 saturated heterocycles. The van der Waals surface area contributed by atoms with Gasteiger partial charge in [0.05, 0.1) is 11.4 Å². The van der Waals surface area contributed by atoms with Crippen molar-refractivity contribution in [3.8, 4) is 0 Å². The Morgan fingerprint density at radius 1 is 1.14 bits per heavy atom. The zero-order chi connectivity index (χ0) is 24.7. The van der Waals surface area contributed by atoms with Gasteiger partial charge >= 0.3 is 0 Å². The lowest BCUT2D eigenvalue weighted by Crippen LogP contribution is -2.56. The second-order valence-electron chi connectivity index (χ2n) is 11.5. The molecule has 4 atom stereocenters. The number of carbonyl (C=O) groups is 1. The minimum Gasteiger partial charge on any atom is -0.396 e. The van der Waals surface area contributed by atoms with Crippen molar-refractivity contribution in [3.05, 3.63) is 53.1 Å². The predicted octanol–water partition coefficient (Wildman–Crippen LogP) is 4.49. The number of rotatable bonds is 6. The van der Waals surface area contributed by atoms with E-state index in [0.717, 1.165) is 50.3 Å². The van der Waals surface area contributed by atoms with Crippen molar-refractivity contribution in [2.75, 3.05) is 42.2 Å². The number of piperidine rings is 1. The minimum atomic E-state index is -0.240. The lowest BCUT2D eigenvalue weighted by atomic mass is 9.77. The molecule has 6 heteroatoms. The Balaban J connectivity index is 1.19. The third kappa shape index (κ3) is 4.91. The number of anilines is 3. The summed E-state index contributed by atoms with van der Waals surface area (Å²) in [5.41, 5.74) is 7.02. The van der Waals surface area contributed by atoms with Crippen LogP contribution in [0, 0.1) is 30.6 Å². The molecule has 35 heavy (non-hydrogen) atoms. The van der Waals surface area contributed by atoms with Crippen molar-refractivity contribution in [2.24, 2.45) is 23.7 Å². The van der Waals surface area contributed by atoms with Gasteiger partial charge in [-0.2, -0.15) is 0 Å². The lowest BCUT2D eigenvalue weighted by Gasteiger charge is -2.46. The second-order valence-corrected chi connectivity index (χ2v) is 11.5. The number of benzene rings is 2. The molecule has 1 aliphatic carbocycles. The quantitative estimate of drug-likeness (QED) is 0.494. The number of likely N-dealkylation sites (tertiary alicyclic amines) is 1. The van der Waals surface area contributed by atoms with Gasteiger partial charge < -0.3 is 26.0 Å². The first kappa shape index (κ1) is 24.1. The maximum atomic E-state index is 12.1. The zero-order valence-corrected chi connectivity index (χ0v) is 21.5. The van der Waals surface area contributed by atoms with E-state index in [4.69, 9.17) is 0 Å².